The molecule has 1 N–H and O–H groups in total. The van der Waals surface area contributed by atoms with E-state index < -0.39 is 15.8 Å². The largest absolute Gasteiger partial charge is 0.419 e. The number of imidazole rings is 1. The van der Waals surface area contributed by atoms with Crippen molar-refractivity contribution in [3.8, 4) is 0 Å². The van der Waals surface area contributed by atoms with E-state index in [-0.39, 0.29) is 26.9 Å². The molecule has 0 aliphatic carbocycles. The number of hydrogen-bond acceptors (Lipinski definition) is 5. The molecule has 0 unspecified atom stereocenters. The van der Waals surface area contributed by atoms with E-state index in [0.29, 0.717) is 16.6 Å². The van der Waals surface area contributed by atoms with Crippen molar-refractivity contribution < 1.29 is 12.8 Å². The zero-order valence-corrected chi connectivity index (χ0v) is 16.6. The molecule has 0 atom stereocenters. The fourth-order valence-corrected chi connectivity index (χ4v) is 4.70. The molecule has 2 aromatic heterocycles. The molecule has 146 valence electrons. The summed E-state index contributed by atoms with van der Waals surface area (Å²) in [5, 5.41) is -0.0513. The van der Waals surface area contributed by atoms with E-state index in [4.69, 9.17) is 16.0 Å². The first kappa shape index (κ1) is 18.4. The number of rotatable bonds is 3. The van der Waals surface area contributed by atoms with Gasteiger partial charge in [-0.05, 0) is 24.3 Å². The van der Waals surface area contributed by atoms with Crippen LogP contribution in [0.3, 0.4) is 0 Å². The number of aromatic nitrogens is 3. The highest BCUT2D eigenvalue weighted by molar-refractivity contribution is 7.92. The van der Waals surface area contributed by atoms with Crippen molar-refractivity contribution in [2.45, 2.75) is 4.90 Å². The highest BCUT2D eigenvalue weighted by atomic mass is 35.5. The fraction of sp³-hybridized carbons (Fsp3) is 0.176. The number of nitrogens with one attached hydrogen (secondary N) is 1. The van der Waals surface area contributed by atoms with E-state index in [1.54, 1.807) is 32.3 Å². The van der Waals surface area contributed by atoms with Crippen molar-refractivity contribution in [2.24, 2.45) is 21.1 Å². The third-order valence-electron chi connectivity index (χ3n) is 4.66. The summed E-state index contributed by atoms with van der Waals surface area (Å²) in [5.41, 5.74) is 1.78. The Hall–Kier alpha value is -2.98. The smallest absolute Gasteiger partial charge is 0.408 e. The van der Waals surface area contributed by atoms with Crippen LogP contribution in [-0.4, -0.2) is 22.1 Å². The van der Waals surface area contributed by atoms with Gasteiger partial charge >= 0.3 is 11.4 Å². The number of hydrogen-bond donors (Lipinski definition) is 1. The Morgan fingerprint density at radius 1 is 0.929 bits per heavy atom. The van der Waals surface area contributed by atoms with Gasteiger partial charge in [0.2, 0.25) is 0 Å². The molecule has 0 saturated carbocycles. The summed E-state index contributed by atoms with van der Waals surface area (Å²) in [6.45, 7) is 0. The molecule has 4 aromatic rings. The summed E-state index contributed by atoms with van der Waals surface area (Å²) >= 11 is 6.15. The predicted octanol–water partition coefficient (Wildman–Crippen LogP) is 1.78. The van der Waals surface area contributed by atoms with E-state index in [1.807, 2.05) is 0 Å². The van der Waals surface area contributed by atoms with Crippen LogP contribution in [0.25, 0.3) is 22.1 Å². The minimum absolute atomic E-state index is 0.0513. The maximum absolute atomic E-state index is 12.9. The van der Waals surface area contributed by atoms with Gasteiger partial charge in [0.25, 0.3) is 10.0 Å². The lowest BCUT2D eigenvalue weighted by Crippen LogP contribution is -2.19. The van der Waals surface area contributed by atoms with E-state index in [0.717, 1.165) is 0 Å². The number of benzene rings is 2. The topological polar surface area (TPSA) is 108 Å². The van der Waals surface area contributed by atoms with Gasteiger partial charge in [0.05, 0.1) is 27.3 Å². The molecule has 0 amide bonds. The molecule has 0 aliphatic heterocycles. The van der Waals surface area contributed by atoms with Gasteiger partial charge in [-0.15, -0.1) is 0 Å². The zero-order chi connectivity index (χ0) is 20.4. The maximum Gasteiger partial charge on any atom is 0.419 e. The monoisotopic (exact) mass is 422 g/mol. The molecular formula is C17H15ClN4O5S. The van der Waals surface area contributed by atoms with Gasteiger partial charge in [0.1, 0.15) is 4.90 Å². The Kier molecular flexibility index (Phi) is 3.95. The molecule has 0 spiro atoms. The molecule has 9 nitrogen and oxygen atoms in total. The van der Waals surface area contributed by atoms with Crippen LogP contribution in [0.15, 0.2) is 49.2 Å². The minimum atomic E-state index is -4.07. The summed E-state index contributed by atoms with van der Waals surface area (Å²) < 4.78 is 37.3. The Labute approximate surface area is 163 Å². The van der Waals surface area contributed by atoms with Gasteiger partial charge in [-0.2, -0.15) is 0 Å². The van der Waals surface area contributed by atoms with Crippen LogP contribution in [0.1, 0.15) is 0 Å². The SMILES string of the molecule is Cn1c(=O)oc2cc(S(=O)(=O)Nc3ccc4c(c3)n(C)c(=O)n4C)c(Cl)cc21. The van der Waals surface area contributed by atoms with E-state index in [2.05, 4.69) is 4.72 Å². The lowest BCUT2D eigenvalue weighted by molar-refractivity contribution is 0.527. The third-order valence-corrected chi connectivity index (χ3v) is 6.51. The highest BCUT2D eigenvalue weighted by Crippen LogP contribution is 2.29. The normalized spacial score (nSPS) is 12.1. The maximum atomic E-state index is 12.9. The Morgan fingerprint density at radius 2 is 1.61 bits per heavy atom. The highest BCUT2D eigenvalue weighted by Gasteiger charge is 2.22. The predicted molar refractivity (Wildman–Crippen MR) is 105 cm³/mol. The van der Waals surface area contributed by atoms with Crippen molar-refractivity contribution in [3.63, 3.8) is 0 Å². The molecule has 28 heavy (non-hydrogen) atoms. The number of aryl methyl sites for hydroxylation is 3. The summed E-state index contributed by atoms with van der Waals surface area (Å²) in [6.07, 6.45) is 0. The van der Waals surface area contributed by atoms with Crippen LogP contribution in [0.5, 0.6) is 0 Å². The summed E-state index contributed by atoms with van der Waals surface area (Å²) in [5.74, 6) is -0.621. The number of sulfonamides is 1. The first-order valence-corrected chi connectivity index (χ1v) is 9.93. The summed E-state index contributed by atoms with van der Waals surface area (Å²) in [4.78, 5) is 23.5. The first-order chi connectivity index (χ1) is 13.1. The molecule has 0 bridgehead atoms. The Morgan fingerprint density at radius 3 is 2.32 bits per heavy atom. The molecule has 2 aromatic carbocycles. The van der Waals surface area contributed by atoms with Crippen molar-refractivity contribution in [1.29, 1.82) is 0 Å². The van der Waals surface area contributed by atoms with Gasteiger partial charge in [0.15, 0.2) is 5.58 Å². The Bertz CT molecular complexity index is 1490. The number of nitrogens with zero attached hydrogens (tertiary/aromatic N) is 3. The second kappa shape index (κ2) is 6.01. The van der Waals surface area contributed by atoms with Crippen LogP contribution < -0.4 is 16.2 Å². The number of fused-ring (bicyclic) bond motifs is 2. The van der Waals surface area contributed by atoms with Gasteiger partial charge in [-0.3, -0.25) is 18.4 Å². The lowest BCUT2D eigenvalue weighted by atomic mass is 10.3. The zero-order valence-electron chi connectivity index (χ0n) is 15.1. The van der Waals surface area contributed by atoms with Crippen LogP contribution in [-0.2, 0) is 31.2 Å². The van der Waals surface area contributed by atoms with Gasteiger partial charge in [0, 0.05) is 27.2 Å². The van der Waals surface area contributed by atoms with Crippen molar-refractivity contribution in [3.05, 3.63) is 56.4 Å². The standard InChI is InChI=1S/C17H15ClN4O5S/c1-20-11-5-4-9(6-12(11)21(2)16(20)23)19-28(25,26)15-8-14-13(7-10(15)18)22(3)17(24)27-14/h4-8,19H,1-3H3. The minimum Gasteiger partial charge on any atom is -0.408 e. The molecule has 0 saturated heterocycles. The lowest BCUT2D eigenvalue weighted by Gasteiger charge is -2.10. The molecular weight excluding hydrogens is 408 g/mol. The Balaban J connectivity index is 1.81. The molecule has 11 heteroatoms. The average molecular weight is 423 g/mol. The molecule has 4 rings (SSSR count). The number of halogens is 1. The molecule has 0 aliphatic rings. The molecule has 2 heterocycles. The first-order valence-electron chi connectivity index (χ1n) is 8.07. The van der Waals surface area contributed by atoms with Crippen LogP contribution >= 0.6 is 11.6 Å². The van der Waals surface area contributed by atoms with E-state index >= 15 is 0 Å². The third kappa shape index (κ3) is 2.64. The number of anilines is 1. The summed E-state index contributed by atoms with van der Waals surface area (Å²) in [7, 11) is 0.663. The quantitative estimate of drug-likeness (QED) is 0.541. The van der Waals surface area contributed by atoms with Gasteiger partial charge in [-0.1, -0.05) is 11.6 Å². The van der Waals surface area contributed by atoms with Crippen molar-refractivity contribution in [1.82, 2.24) is 13.7 Å². The van der Waals surface area contributed by atoms with Gasteiger partial charge in [-0.25, -0.2) is 18.0 Å². The van der Waals surface area contributed by atoms with Crippen molar-refractivity contribution in [2.75, 3.05) is 4.72 Å². The average Bonchev–Trinajstić information content (AvgIpc) is 3.03. The fourth-order valence-electron chi connectivity index (χ4n) is 3.12. The van der Waals surface area contributed by atoms with Crippen molar-refractivity contribution >= 4 is 49.4 Å². The molecule has 0 fully saturated rings. The molecule has 0 radical (unpaired) electrons. The van der Waals surface area contributed by atoms with E-state index in [1.165, 1.54) is 32.9 Å². The van der Waals surface area contributed by atoms with E-state index in [9.17, 15) is 18.0 Å². The van der Waals surface area contributed by atoms with Crippen LogP contribution in [0, 0.1) is 0 Å². The second-order valence-electron chi connectivity index (χ2n) is 6.39. The number of oxazole rings is 1. The van der Waals surface area contributed by atoms with Crippen LogP contribution in [0.4, 0.5) is 5.69 Å². The van der Waals surface area contributed by atoms with Gasteiger partial charge < -0.3 is 4.42 Å². The summed E-state index contributed by atoms with van der Waals surface area (Å²) in [6, 6.07) is 7.33. The second-order valence-corrected chi connectivity index (χ2v) is 8.44. The van der Waals surface area contributed by atoms with Crippen LogP contribution in [0.2, 0.25) is 5.02 Å².